The highest BCUT2D eigenvalue weighted by Gasteiger charge is 2.12. The standard InChI is InChI=1S/C10H17NO4/c1-3-4-7(2)9(13)11-6-5-8(12)10(14)15/h4,8,12H,3,5-6H2,1-2H3,(H,11,13)(H,14,15)/b7-4-/t8-/m0/s1. The Bertz CT molecular complexity index is 260. The van der Waals surface area contributed by atoms with Crippen LogP contribution in [0.3, 0.4) is 0 Å². The first kappa shape index (κ1) is 13.6. The van der Waals surface area contributed by atoms with Gasteiger partial charge < -0.3 is 15.5 Å². The van der Waals surface area contributed by atoms with E-state index in [-0.39, 0.29) is 18.9 Å². The van der Waals surface area contributed by atoms with E-state index in [4.69, 9.17) is 10.2 Å². The molecule has 5 heteroatoms. The Balaban J connectivity index is 3.82. The molecule has 86 valence electrons. The molecule has 5 nitrogen and oxygen atoms in total. The van der Waals surface area contributed by atoms with E-state index in [1.54, 1.807) is 13.0 Å². The van der Waals surface area contributed by atoms with Gasteiger partial charge in [0.05, 0.1) is 0 Å². The zero-order chi connectivity index (χ0) is 11.8. The second-order valence-electron chi connectivity index (χ2n) is 3.19. The minimum absolute atomic E-state index is 0.0144. The lowest BCUT2D eigenvalue weighted by molar-refractivity contribution is -0.147. The Morgan fingerprint density at radius 2 is 2.07 bits per heavy atom. The lowest BCUT2D eigenvalue weighted by Gasteiger charge is -2.07. The van der Waals surface area contributed by atoms with Crippen LogP contribution in [0, 0.1) is 0 Å². The molecule has 0 radical (unpaired) electrons. The molecule has 0 fully saturated rings. The highest BCUT2D eigenvalue weighted by Crippen LogP contribution is 1.95. The van der Waals surface area contributed by atoms with Crippen LogP contribution in [0.2, 0.25) is 0 Å². The van der Waals surface area contributed by atoms with Crippen molar-refractivity contribution in [2.75, 3.05) is 6.54 Å². The Labute approximate surface area is 88.8 Å². The lowest BCUT2D eigenvalue weighted by Crippen LogP contribution is -2.30. The zero-order valence-electron chi connectivity index (χ0n) is 8.99. The largest absolute Gasteiger partial charge is 0.479 e. The summed E-state index contributed by atoms with van der Waals surface area (Å²) in [7, 11) is 0. The molecule has 0 aromatic heterocycles. The Hall–Kier alpha value is -1.36. The van der Waals surface area contributed by atoms with Crippen LogP contribution in [0.5, 0.6) is 0 Å². The van der Waals surface area contributed by atoms with Crippen molar-refractivity contribution in [1.82, 2.24) is 5.32 Å². The topological polar surface area (TPSA) is 86.6 Å². The van der Waals surface area contributed by atoms with E-state index in [1.807, 2.05) is 6.92 Å². The Kier molecular flexibility index (Phi) is 6.37. The number of carboxylic acid groups (broad SMARTS) is 1. The quantitative estimate of drug-likeness (QED) is 0.556. The number of aliphatic hydroxyl groups excluding tert-OH is 1. The van der Waals surface area contributed by atoms with Crippen molar-refractivity contribution in [2.24, 2.45) is 0 Å². The third-order valence-corrected chi connectivity index (χ3v) is 1.86. The third-order valence-electron chi connectivity index (χ3n) is 1.86. The molecule has 0 aliphatic rings. The number of rotatable bonds is 6. The summed E-state index contributed by atoms with van der Waals surface area (Å²) in [6.45, 7) is 3.76. The number of allylic oxidation sites excluding steroid dienone is 1. The second kappa shape index (κ2) is 7.00. The van der Waals surface area contributed by atoms with Crippen LogP contribution >= 0.6 is 0 Å². The van der Waals surface area contributed by atoms with E-state index in [1.165, 1.54) is 0 Å². The van der Waals surface area contributed by atoms with Crippen LogP contribution in [-0.2, 0) is 9.59 Å². The number of amides is 1. The molecule has 0 heterocycles. The fraction of sp³-hybridized carbons (Fsp3) is 0.600. The van der Waals surface area contributed by atoms with Crippen LogP contribution in [0.15, 0.2) is 11.6 Å². The predicted octanol–water partition coefficient (Wildman–Crippen LogP) is 0.295. The van der Waals surface area contributed by atoms with Crippen LogP contribution < -0.4 is 5.32 Å². The maximum absolute atomic E-state index is 11.3. The summed E-state index contributed by atoms with van der Waals surface area (Å²) in [6.07, 6.45) is 1.15. The lowest BCUT2D eigenvalue weighted by atomic mass is 10.2. The van der Waals surface area contributed by atoms with E-state index >= 15 is 0 Å². The van der Waals surface area contributed by atoms with E-state index in [9.17, 15) is 9.59 Å². The molecular formula is C10H17NO4. The Morgan fingerprint density at radius 3 is 2.53 bits per heavy atom. The molecule has 0 aliphatic carbocycles. The van der Waals surface area contributed by atoms with Gasteiger partial charge in [-0.25, -0.2) is 4.79 Å². The second-order valence-corrected chi connectivity index (χ2v) is 3.19. The van der Waals surface area contributed by atoms with Gasteiger partial charge in [-0.1, -0.05) is 13.0 Å². The number of hydrogen-bond donors (Lipinski definition) is 3. The van der Waals surface area contributed by atoms with Gasteiger partial charge in [-0.2, -0.15) is 0 Å². The molecule has 3 N–H and O–H groups in total. The highest BCUT2D eigenvalue weighted by molar-refractivity contribution is 5.92. The smallest absolute Gasteiger partial charge is 0.332 e. The van der Waals surface area contributed by atoms with Crippen LogP contribution in [0.1, 0.15) is 26.7 Å². The van der Waals surface area contributed by atoms with Gasteiger partial charge in [0.15, 0.2) is 6.10 Å². The molecule has 0 aliphatic heterocycles. The van der Waals surface area contributed by atoms with Gasteiger partial charge in [-0.15, -0.1) is 0 Å². The van der Waals surface area contributed by atoms with Crippen molar-refractivity contribution < 1.29 is 19.8 Å². The molecule has 0 saturated heterocycles. The van der Waals surface area contributed by atoms with Gasteiger partial charge in [0.2, 0.25) is 5.91 Å². The monoisotopic (exact) mass is 215 g/mol. The SMILES string of the molecule is CC/C=C(/C)C(=O)NCC[C@H](O)C(=O)O. The molecule has 0 spiro atoms. The van der Waals surface area contributed by atoms with Crippen LogP contribution in [0.25, 0.3) is 0 Å². The first-order valence-electron chi connectivity index (χ1n) is 4.84. The maximum atomic E-state index is 11.3. The average Bonchev–Trinajstić information content (AvgIpc) is 2.17. The number of carbonyl (C=O) groups is 2. The van der Waals surface area contributed by atoms with Crippen molar-refractivity contribution >= 4 is 11.9 Å². The number of aliphatic hydroxyl groups is 1. The summed E-state index contributed by atoms with van der Waals surface area (Å²) in [5, 5.41) is 19.8. The first-order valence-corrected chi connectivity index (χ1v) is 4.84. The molecule has 1 amide bonds. The first-order chi connectivity index (χ1) is 6.99. The number of nitrogens with one attached hydrogen (secondary N) is 1. The van der Waals surface area contributed by atoms with Crippen molar-refractivity contribution in [3.63, 3.8) is 0 Å². The van der Waals surface area contributed by atoms with Crippen molar-refractivity contribution in [1.29, 1.82) is 0 Å². The van der Waals surface area contributed by atoms with Crippen molar-refractivity contribution in [3.05, 3.63) is 11.6 Å². The fourth-order valence-electron chi connectivity index (χ4n) is 0.984. The molecule has 15 heavy (non-hydrogen) atoms. The molecule has 1 atom stereocenters. The molecule has 0 saturated carbocycles. The fourth-order valence-corrected chi connectivity index (χ4v) is 0.984. The number of hydrogen-bond acceptors (Lipinski definition) is 3. The summed E-state index contributed by atoms with van der Waals surface area (Å²) in [6, 6.07) is 0. The summed E-state index contributed by atoms with van der Waals surface area (Å²) >= 11 is 0. The summed E-state index contributed by atoms with van der Waals surface area (Å²) in [5.74, 6) is -1.50. The van der Waals surface area contributed by atoms with E-state index in [0.717, 1.165) is 6.42 Å². The predicted molar refractivity (Wildman–Crippen MR) is 55.3 cm³/mol. The maximum Gasteiger partial charge on any atom is 0.332 e. The van der Waals surface area contributed by atoms with Gasteiger partial charge in [-0.3, -0.25) is 4.79 Å². The zero-order valence-corrected chi connectivity index (χ0v) is 8.99. The third kappa shape index (κ3) is 5.85. The highest BCUT2D eigenvalue weighted by atomic mass is 16.4. The molecular weight excluding hydrogens is 198 g/mol. The van der Waals surface area contributed by atoms with E-state index in [2.05, 4.69) is 5.32 Å². The number of carbonyl (C=O) groups excluding carboxylic acids is 1. The average molecular weight is 215 g/mol. The van der Waals surface area contributed by atoms with Gasteiger partial charge >= 0.3 is 5.97 Å². The van der Waals surface area contributed by atoms with E-state index < -0.39 is 12.1 Å². The Morgan fingerprint density at radius 1 is 1.47 bits per heavy atom. The van der Waals surface area contributed by atoms with Crippen LogP contribution in [0.4, 0.5) is 0 Å². The van der Waals surface area contributed by atoms with Crippen molar-refractivity contribution in [3.8, 4) is 0 Å². The summed E-state index contributed by atoms with van der Waals surface area (Å²) in [4.78, 5) is 21.5. The molecule has 0 rings (SSSR count). The van der Waals surface area contributed by atoms with Gasteiger partial charge in [0.1, 0.15) is 0 Å². The van der Waals surface area contributed by atoms with Gasteiger partial charge in [0.25, 0.3) is 0 Å². The number of carboxylic acids is 1. The minimum Gasteiger partial charge on any atom is -0.479 e. The molecule has 0 aromatic rings. The molecule has 0 bridgehead atoms. The summed E-state index contributed by atoms with van der Waals surface area (Å²) < 4.78 is 0. The summed E-state index contributed by atoms with van der Waals surface area (Å²) in [5.41, 5.74) is 0.599. The van der Waals surface area contributed by atoms with Crippen LogP contribution in [-0.4, -0.2) is 34.7 Å². The normalized spacial score (nSPS) is 13.4. The molecule has 0 unspecified atom stereocenters. The minimum atomic E-state index is -1.42. The number of aliphatic carboxylic acids is 1. The van der Waals surface area contributed by atoms with Gasteiger partial charge in [-0.05, 0) is 13.3 Å². The van der Waals surface area contributed by atoms with E-state index in [0.29, 0.717) is 5.57 Å². The molecule has 0 aromatic carbocycles. The van der Waals surface area contributed by atoms with Gasteiger partial charge in [0, 0.05) is 18.5 Å². The van der Waals surface area contributed by atoms with Crippen molar-refractivity contribution in [2.45, 2.75) is 32.8 Å².